The molecule has 1 fully saturated rings. The minimum atomic E-state index is -0.0240. The average Bonchev–Trinajstić information content (AvgIpc) is 2.40. The molecule has 4 nitrogen and oxygen atoms in total. The molecule has 0 aromatic carbocycles. The fourth-order valence-corrected chi connectivity index (χ4v) is 2.46. The van der Waals surface area contributed by atoms with Crippen molar-refractivity contribution in [1.29, 1.82) is 0 Å². The Kier molecular flexibility index (Phi) is 2.65. The molecule has 0 atom stereocenters. The van der Waals surface area contributed by atoms with Gasteiger partial charge in [0, 0.05) is 17.8 Å². The Bertz CT molecular complexity index is 584. The molecule has 0 unspecified atom stereocenters. The Balaban J connectivity index is 2.08. The molecule has 0 radical (unpaired) electrons. The highest BCUT2D eigenvalue weighted by Crippen LogP contribution is 2.23. The molecule has 3 heterocycles. The van der Waals surface area contributed by atoms with Crippen molar-refractivity contribution in [2.45, 2.75) is 18.8 Å². The van der Waals surface area contributed by atoms with E-state index in [0.29, 0.717) is 11.3 Å². The molecule has 2 N–H and O–H groups in total. The van der Waals surface area contributed by atoms with Crippen LogP contribution in [0.15, 0.2) is 29.2 Å². The predicted molar refractivity (Wildman–Crippen MR) is 67.2 cm³/mol. The molecule has 88 valence electrons. The van der Waals surface area contributed by atoms with Gasteiger partial charge in [0.1, 0.15) is 0 Å². The Hall–Kier alpha value is -1.68. The number of aromatic amines is 1. The number of hydrogen-bond acceptors (Lipinski definition) is 3. The van der Waals surface area contributed by atoms with Crippen molar-refractivity contribution in [3.63, 3.8) is 0 Å². The summed E-state index contributed by atoms with van der Waals surface area (Å²) in [5, 5.41) is 4.00. The van der Waals surface area contributed by atoms with E-state index in [9.17, 15) is 4.79 Å². The maximum absolute atomic E-state index is 11.9. The number of hydrogen-bond donors (Lipinski definition) is 2. The van der Waals surface area contributed by atoms with E-state index in [4.69, 9.17) is 0 Å². The van der Waals surface area contributed by atoms with Crippen LogP contribution in [0.2, 0.25) is 0 Å². The van der Waals surface area contributed by atoms with Crippen LogP contribution in [0.1, 0.15) is 24.5 Å². The lowest BCUT2D eigenvalue weighted by molar-refractivity contribution is 0.453. The highest BCUT2D eigenvalue weighted by atomic mass is 16.1. The van der Waals surface area contributed by atoms with E-state index in [0.717, 1.165) is 37.1 Å². The summed E-state index contributed by atoms with van der Waals surface area (Å²) in [6.45, 7) is 2.04. The van der Waals surface area contributed by atoms with E-state index in [1.165, 1.54) is 0 Å². The summed E-state index contributed by atoms with van der Waals surface area (Å²) in [6, 6.07) is 5.63. The van der Waals surface area contributed by atoms with Crippen LogP contribution in [-0.4, -0.2) is 23.1 Å². The van der Waals surface area contributed by atoms with Gasteiger partial charge in [-0.05, 0) is 44.1 Å². The average molecular weight is 229 g/mol. The lowest BCUT2D eigenvalue weighted by Crippen LogP contribution is -2.28. The third-order valence-electron chi connectivity index (χ3n) is 3.41. The summed E-state index contributed by atoms with van der Waals surface area (Å²) in [4.78, 5) is 19.2. The number of fused-ring (bicyclic) bond motifs is 1. The van der Waals surface area contributed by atoms with Crippen molar-refractivity contribution in [2.75, 3.05) is 13.1 Å². The van der Waals surface area contributed by atoms with Gasteiger partial charge in [-0.15, -0.1) is 0 Å². The van der Waals surface area contributed by atoms with Crippen LogP contribution in [0.25, 0.3) is 10.9 Å². The first-order valence-electron chi connectivity index (χ1n) is 6.03. The first-order valence-corrected chi connectivity index (χ1v) is 6.03. The van der Waals surface area contributed by atoms with Crippen molar-refractivity contribution >= 4 is 10.9 Å². The Morgan fingerprint density at radius 3 is 2.94 bits per heavy atom. The normalized spacial score (nSPS) is 17.4. The number of nitrogens with zero attached hydrogens (tertiary/aromatic N) is 1. The minimum absolute atomic E-state index is 0.0240. The van der Waals surface area contributed by atoms with Gasteiger partial charge in [-0.25, -0.2) is 0 Å². The molecule has 0 saturated carbocycles. The summed E-state index contributed by atoms with van der Waals surface area (Å²) in [7, 11) is 0. The van der Waals surface area contributed by atoms with Gasteiger partial charge in [0.2, 0.25) is 0 Å². The van der Waals surface area contributed by atoms with Crippen LogP contribution in [-0.2, 0) is 0 Å². The second-order valence-electron chi connectivity index (χ2n) is 4.51. The van der Waals surface area contributed by atoms with Crippen LogP contribution in [0, 0.1) is 0 Å². The monoisotopic (exact) mass is 229 g/mol. The van der Waals surface area contributed by atoms with Crippen molar-refractivity contribution in [3.05, 3.63) is 40.4 Å². The Morgan fingerprint density at radius 1 is 1.29 bits per heavy atom. The summed E-state index contributed by atoms with van der Waals surface area (Å²) in [5.41, 5.74) is 1.80. The lowest BCUT2D eigenvalue weighted by Gasteiger charge is -2.22. The SMILES string of the molecule is O=c1[nH]c(C2CCNCC2)cc2ncccc12. The molecular formula is C13H15N3O. The molecule has 1 aliphatic rings. The van der Waals surface area contributed by atoms with Crippen LogP contribution >= 0.6 is 0 Å². The zero-order chi connectivity index (χ0) is 11.7. The molecule has 2 aromatic rings. The second-order valence-corrected chi connectivity index (χ2v) is 4.51. The second kappa shape index (κ2) is 4.30. The number of nitrogens with one attached hydrogen (secondary N) is 2. The maximum Gasteiger partial charge on any atom is 0.257 e. The summed E-state index contributed by atoms with van der Waals surface area (Å²) in [5.74, 6) is 0.454. The zero-order valence-corrected chi connectivity index (χ0v) is 9.57. The van der Waals surface area contributed by atoms with E-state index in [2.05, 4.69) is 15.3 Å². The van der Waals surface area contributed by atoms with Crippen molar-refractivity contribution in [3.8, 4) is 0 Å². The van der Waals surface area contributed by atoms with Crippen LogP contribution < -0.4 is 10.9 Å². The Morgan fingerprint density at radius 2 is 2.12 bits per heavy atom. The van der Waals surface area contributed by atoms with Crippen LogP contribution in [0.3, 0.4) is 0 Å². The molecule has 0 bridgehead atoms. The van der Waals surface area contributed by atoms with E-state index < -0.39 is 0 Å². The third kappa shape index (κ3) is 1.96. The van der Waals surface area contributed by atoms with Gasteiger partial charge in [0.15, 0.2) is 0 Å². The number of aromatic nitrogens is 2. The van der Waals surface area contributed by atoms with Crippen LogP contribution in [0.4, 0.5) is 0 Å². The molecule has 1 saturated heterocycles. The van der Waals surface area contributed by atoms with Crippen molar-refractivity contribution in [2.24, 2.45) is 0 Å². The molecule has 2 aromatic heterocycles. The van der Waals surface area contributed by atoms with Crippen LogP contribution in [0.5, 0.6) is 0 Å². The van der Waals surface area contributed by atoms with Gasteiger partial charge >= 0.3 is 0 Å². The standard InChI is InChI=1S/C13H15N3O/c17-13-10-2-1-5-15-12(10)8-11(16-13)9-3-6-14-7-4-9/h1-2,5,8-9,14H,3-4,6-7H2,(H,16,17). The first-order chi connectivity index (χ1) is 8.34. The number of rotatable bonds is 1. The van der Waals surface area contributed by atoms with E-state index >= 15 is 0 Å². The first kappa shape index (κ1) is 10.5. The quantitative estimate of drug-likeness (QED) is 0.777. The number of piperidine rings is 1. The van der Waals surface area contributed by atoms with E-state index in [1.807, 2.05) is 12.1 Å². The largest absolute Gasteiger partial charge is 0.325 e. The van der Waals surface area contributed by atoms with E-state index in [1.54, 1.807) is 12.3 Å². The smallest absolute Gasteiger partial charge is 0.257 e. The maximum atomic E-state index is 11.9. The third-order valence-corrected chi connectivity index (χ3v) is 3.41. The highest BCUT2D eigenvalue weighted by molar-refractivity contribution is 5.77. The molecule has 0 amide bonds. The minimum Gasteiger partial charge on any atom is -0.325 e. The molecule has 0 spiro atoms. The van der Waals surface area contributed by atoms with Gasteiger partial charge < -0.3 is 10.3 Å². The number of H-pyrrole nitrogens is 1. The predicted octanol–water partition coefficient (Wildman–Crippen LogP) is 1.39. The number of pyridine rings is 2. The lowest BCUT2D eigenvalue weighted by atomic mass is 9.94. The summed E-state index contributed by atoms with van der Waals surface area (Å²) in [6.07, 6.45) is 3.89. The molecular weight excluding hydrogens is 214 g/mol. The van der Waals surface area contributed by atoms with Gasteiger partial charge in [-0.3, -0.25) is 9.78 Å². The van der Waals surface area contributed by atoms with E-state index in [-0.39, 0.29) is 5.56 Å². The highest BCUT2D eigenvalue weighted by Gasteiger charge is 2.16. The molecule has 0 aliphatic carbocycles. The fraction of sp³-hybridized carbons (Fsp3) is 0.385. The molecule has 4 heteroatoms. The van der Waals surface area contributed by atoms with Gasteiger partial charge in [0.05, 0.1) is 10.9 Å². The van der Waals surface area contributed by atoms with Gasteiger partial charge in [-0.2, -0.15) is 0 Å². The van der Waals surface area contributed by atoms with Crippen molar-refractivity contribution in [1.82, 2.24) is 15.3 Å². The topological polar surface area (TPSA) is 57.8 Å². The summed E-state index contributed by atoms with van der Waals surface area (Å²) < 4.78 is 0. The zero-order valence-electron chi connectivity index (χ0n) is 9.57. The molecule has 3 rings (SSSR count). The fourth-order valence-electron chi connectivity index (χ4n) is 2.46. The molecule has 17 heavy (non-hydrogen) atoms. The molecule has 1 aliphatic heterocycles. The van der Waals surface area contributed by atoms with Gasteiger partial charge in [0.25, 0.3) is 5.56 Å². The van der Waals surface area contributed by atoms with Gasteiger partial charge in [-0.1, -0.05) is 0 Å². The summed E-state index contributed by atoms with van der Waals surface area (Å²) >= 11 is 0. The Labute approximate surface area is 99.1 Å². The van der Waals surface area contributed by atoms with Crippen molar-refractivity contribution < 1.29 is 0 Å².